The number of likely N-dealkylation sites (tertiary alicyclic amines) is 1. The van der Waals surface area contributed by atoms with Crippen molar-refractivity contribution in [2.45, 2.75) is 96.0 Å². The zero-order valence-corrected chi connectivity index (χ0v) is 24.4. The number of nitrogens with one attached hydrogen (secondary N) is 2. The van der Waals surface area contributed by atoms with E-state index in [0.29, 0.717) is 49.7 Å². The van der Waals surface area contributed by atoms with Crippen LogP contribution >= 0.6 is 11.6 Å². The van der Waals surface area contributed by atoms with E-state index in [0.717, 1.165) is 50.3 Å². The van der Waals surface area contributed by atoms with Gasteiger partial charge >= 0.3 is 0 Å². The first-order chi connectivity index (χ1) is 18.4. The highest BCUT2D eigenvalue weighted by molar-refractivity contribution is 6.30. The number of amides is 2. The molecule has 1 aromatic carbocycles. The summed E-state index contributed by atoms with van der Waals surface area (Å²) in [6, 6.07) is 7.49. The van der Waals surface area contributed by atoms with Gasteiger partial charge in [-0.25, -0.2) is 0 Å². The van der Waals surface area contributed by atoms with Crippen LogP contribution < -0.4 is 10.6 Å². The van der Waals surface area contributed by atoms with Crippen molar-refractivity contribution < 1.29 is 14.7 Å². The maximum Gasteiger partial charge on any atom is 0.222 e. The van der Waals surface area contributed by atoms with Gasteiger partial charge < -0.3 is 20.6 Å². The lowest BCUT2D eigenvalue weighted by atomic mass is 9.74. The average molecular weight is 548 g/mol. The minimum Gasteiger partial charge on any atom is -0.385 e. The fourth-order valence-electron chi connectivity index (χ4n) is 6.63. The molecule has 1 saturated carbocycles. The molecular weight excluding hydrogens is 498 g/mol. The fraction of sp³-hybridized carbons (Fsp3) is 0.742. The number of piperidine rings is 1. The van der Waals surface area contributed by atoms with Crippen molar-refractivity contribution in [3.05, 3.63) is 34.9 Å². The Kier molecular flexibility index (Phi) is 12.9. The van der Waals surface area contributed by atoms with Crippen molar-refractivity contribution in [1.29, 1.82) is 0 Å². The van der Waals surface area contributed by atoms with E-state index in [-0.39, 0.29) is 17.7 Å². The Morgan fingerprint density at radius 3 is 2.68 bits per heavy atom. The number of carbonyl (C=O) groups is 2. The van der Waals surface area contributed by atoms with E-state index < -0.39 is 5.60 Å². The van der Waals surface area contributed by atoms with Gasteiger partial charge in [0.1, 0.15) is 0 Å². The van der Waals surface area contributed by atoms with Gasteiger partial charge in [-0.1, -0.05) is 62.8 Å². The van der Waals surface area contributed by atoms with Gasteiger partial charge in [-0.2, -0.15) is 0 Å². The molecule has 1 aromatic rings. The molecule has 0 bridgehead atoms. The van der Waals surface area contributed by atoms with E-state index >= 15 is 0 Å². The molecule has 1 aliphatic carbocycles. The van der Waals surface area contributed by atoms with Crippen LogP contribution in [0.4, 0.5) is 0 Å². The minimum atomic E-state index is -1.11. The summed E-state index contributed by atoms with van der Waals surface area (Å²) in [5.41, 5.74) is -0.305. The zero-order valence-electron chi connectivity index (χ0n) is 23.7. The molecule has 1 aliphatic heterocycles. The first kappa shape index (κ1) is 30.9. The summed E-state index contributed by atoms with van der Waals surface area (Å²) in [5, 5.41) is 19.0. The molecule has 2 aliphatic rings. The summed E-state index contributed by atoms with van der Waals surface area (Å²) in [6.07, 6.45) is 12.5. The lowest BCUT2D eigenvalue weighted by Crippen LogP contribution is -2.49. The summed E-state index contributed by atoms with van der Waals surface area (Å²) in [4.78, 5) is 27.5. The number of benzene rings is 1. The van der Waals surface area contributed by atoms with Crippen LogP contribution in [0.25, 0.3) is 0 Å². The Hall–Kier alpha value is -1.63. The zero-order chi connectivity index (χ0) is 27.4. The Labute approximate surface area is 235 Å². The van der Waals surface area contributed by atoms with Crippen LogP contribution in [0.15, 0.2) is 24.3 Å². The third-order valence-electron chi connectivity index (χ3n) is 8.66. The molecule has 0 spiro atoms. The number of hydrogen-bond donors (Lipinski definition) is 3. The fourth-order valence-corrected chi connectivity index (χ4v) is 6.82. The lowest BCUT2D eigenvalue weighted by molar-refractivity contribution is -0.138. The first-order valence-electron chi connectivity index (χ1n) is 15.0. The molecule has 38 heavy (non-hydrogen) atoms. The maximum atomic E-state index is 13.5. The SMILES string of the molecule is CCCC(=O)NCCC[C@@](O)(c1cccc(Cl)c1)[C@@H]1CCCN(C(=O)C[C@H](CNC)CC2CCCCC2)C1. The molecule has 0 radical (unpaired) electrons. The summed E-state index contributed by atoms with van der Waals surface area (Å²) in [6.45, 7) is 4.70. The average Bonchev–Trinajstić information content (AvgIpc) is 2.92. The van der Waals surface area contributed by atoms with E-state index in [4.69, 9.17) is 11.6 Å². The summed E-state index contributed by atoms with van der Waals surface area (Å²) >= 11 is 6.33. The van der Waals surface area contributed by atoms with E-state index in [9.17, 15) is 14.7 Å². The van der Waals surface area contributed by atoms with Gasteiger partial charge in [-0.05, 0) is 81.6 Å². The third kappa shape index (κ3) is 9.24. The second-order valence-corrected chi connectivity index (χ2v) is 12.1. The molecule has 3 atom stereocenters. The normalized spacial score (nSPS) is 21.1. The highest BCUT2D eigenvalue weighted by Crippen LogP contribution is 2.40. The summed E-state index contributed by atoms with van der Waals surface area (Å²) in [7, 11) is 1.98. The van der Waals surface area contributed by atoms with Crippen molar-refractivity contribution in [3.63, 3.8) is 0 Å². The molecule has 3 rings (SSSR count). The summed E-state index contributed by atoms with van der Waals surface area (Å²) < 4.78 is 0. The second kappa shape index (κ2) is 15.8. The predicted molar refractivity (Wildman–Crippen MR) is 155 cm³/mol. The van der Waals surface area contributed by atoms with Crippen molar-refractivity contribution >= 4 is 23.4 Å². The molecule has 0 aromatic heterocycles. The third-order valence-corrected chi connectivity index (χ3v) is 8.89. The van der Waals surface area contributed by atoms with Crippen molar-refractivity contribution in [2.75, 3.05) is 33.2 Å². The molecule has 6 nitrogen and oxygen atoms in total. The molecule has 214 valence electrons. The van der Waals surface area contributed by atoms with Crippen LogP contribution in [0.5, 0.6) is 0 Å². The number of rotatable bonds is 14. The quantitative estimate of drug-likeness (QED) is 0.262. The van der Waals surface area contributed by atoms with Gasteiger partial charge in [0.25, 0.3) is 0 Å². The maximum absolute atomic E-state index is 13.5. The van der Waals surface area contributed by atoms with Gasteiger partial charge in [0.15, 0.2) is 0 Å². The summed E-state index contributed by atoms with van der Waals surface area (Å²) in [5.74, 6) is 1.29. The van der Waals surface area contributed by atoms with Gasteiger partial charge in [0, 0.05) is 43.4 Å². The second-order valence-electron chi connectivity index (χ2n) is 11.7. The Morgan fingerprint density at radius 2 is 1.97 bits per heavy atom. The first-order valence-corrected chi connectivity index (χ1v) is 15.4. The van der Waals surface area contributed by atoms with Crippen LogP contribution in [0, 0.1) is 17.8 Å². The molecule has 2 amide bonds. The number of aliphatic hydroxyl groups is 1. The molecule has 7 heteroatoms. The standard InChI is InChI=1S/C31H50ClN3O3/c1-3-10-29(36)34-17-9-16-31(38,26-13-7-15-28(32)21-26)27-14-8-18-35(23-27)30(37)20-25(22-33-2)19-24-11-5-4-6-12-24/h7,13,15,21,24-25,27,33,38H,3-6,8-12,14,16-20,22-23H2,1-2H3,(H,34,36)/t25-,27-,31-/m1/s1. The monoisotopic (exact) mass is 547 g/mol. The Bertz CT molecular complexity index is 876. The van der Waals surface area contributed by atoms with Gasteiger partial charge in [0.05, 0.1) is 5.60 Å². The molecule has 0 unspecified atom stereocenters. The minimum absolute atomic E-state index is 0.0533. The van der Waals surface area contributed by atoms with E-state index in [1.807, 2.05) is 43.1 Å². The largest absolute Gasteiger partial charge is 0.385 e. The van der Waals surface area contributed by atoms with E-state index in [1.165, 1.54) is 32.1 Å². The van der Waals surface area contributed by atoms with Gasteiger partial charge in [-0.15, -0.1) is 0 Å². The Balaban J connectivity index is 1.67. The van der Waals surface area contributed by atoms with Gasteiger partial charge in [-0.3, -0.25) is 9.59 Å². The number of nitrogens with zero attached hydrogens (tertiary/aromatic N) is 1. The molecule has 2 fully saturated rings. The Morgan fingerprint density at radius 1 is 1.18 bits per heavy atom. The van der Waals surface area contributed by atoms with Crippen molar-refractivity contribution in [3.8, 4) is 0 Å². The number of halogens is 1. The topological polar surface area (TPSA) is 81.7 Å². The smallest absolute Gasteiger partial charge is 0.222 e. The molecule has 1 saturated heterocycles. The number of hydrogen-bond acceptors (Lipinski definition) is 4. The highest BCUT2D eigenvalue weighted by Gasteiger charge is 2.41. The van der Waals surface area contributed by atoms with Crippen LogP contribution in [-0.2, 0) is 15.2 Å². The lowest BCUT2D eigenvalue weighted by Gasteiger charge is -2.43. The van der Waals surface area contributed by atoms with Crippen LogP contribution in [-0.4, -0.2) is 55.0 Å². The molecule has 1 heterocycles. The van der Waals surface area contributed by atoms with Crippen LogP contribution in [0.1, 0.15) is 96.0 Å². The number of carbonyl (C=O) groups excluding carboxylic acids is 2. The van der Waals surface area contributed by atoms with E-state index in [1.54, 1.807) is 0 Å². The van der Waals surface area contributed by atoms with Crippen molar-refractivity contribution in [1.82, 2.24) is 15.5 Å². The highest BCUT2D eigenvalue weighted by atomic mass is 35.5. The molecular formula is C31H50ClN3O3. The predicted octanol–water partition coefficient (Wildman–Crippen LogP) is 5.66. The van der Waals surface area contributed by atoms with E-state index in [2.05, 4.69) is 10.6 Å². The van der Waals surface area contributed by atoms with Gasteiger partial charge in [0.2, 0.25) is 11.8 Å². The van der Waals surface area contributed by atoms with Crippen LogP contribution in [0.3, 0.4) is 0 Å². The van der Waals surface area contributed by atoms with Crippen molar-refractivity contribution in [2.24, 2.45) is 17.8 Å². The molecule has 3 N–H and O–H groups in total. The van der Waals surface area contributed by atoms with Crippen LogP contribution in [0.2, 0.25) is 5.02 Å².